The van der Waals surface area contributed by atoms with Crippen molar-refractivity contribution in [2.45, 2.75) is 6.54 Å². The second-order valence-corrected chi connectivity index (χ2v) is 6.97. The number of amides is 1. The first-order valence-electron chi connectivity index (χ1n) is 8.36. The van der Waals surface area contributed by atoms with E-state index in [2.05, 4.69) is 0 Å². The third kappa shape index (κ3) is 4.41. The van der Waals surface area contributed by atoms with Crippen molar-refractivity contribution >= 4 is 28.9 Å². The van der Waals surface area contributed by atoms with Crippen LogP contribution in [0.2, 0.25) is 0 Å². The summed E-state index contributed by atoms with van der Waals surface area (Å²) < 4.78 is 5.30. The van der Waals surface area contributed by atoms with Crippen LogP contribution < -0.4 is 4.74 Å². The van der Waals surface area contributed by atoms with Crippen molar-refractivity contribution in [2.75, 3.05) is 14.2 Å². The van der Waals surface area contributed by atoms with Gasteiger partial charge in [0.1, 0.15) is 5.75 Å². The van der Waals surface area contributed by atoms with E-state index >= 15 is 0 Å². The average Bonchev–Trinajstić information content (AvgIpc) is 3.19. The Balaban J connectivity index is 1.95. The molecule has 0 fully saturated rings. The zero-order chi connectivity index (χ0) is 18.4. The fourth-order valence-corrected chi connectivity index (χ4v) is 3.46. The van der Waals surface area contributed by atoms with Crippen LogP contribution in [0.1, 0.15) is 16.0 Å². The van der Waals surface area contributed by atoms with Crippen LogP contribution in [0.5, 0.6) is 5.75 Å². The highest BCUT2D eigenvalue weighted by Crippen LogP contribution is 2.23. The zero-order valence-corrected chi connectivity index (χ0v) is 15.7. The molecule has 3 nitrogen and oxygen atoms in total. The number of ether oxygens (including phenoxy) is 1. The quantitative estimate of drug-likeness (QED) is 0.458. The van der Waals surface area contributed by atoms with Crippen LogP contribution in [0, 0.1) is 0 Å². The molecule has 132 valence electrons. The Morgan fingerprint density at radius 3 is 2.58 bits per heavy atom. The van der Waals surface area contributed by atoms with Crippen LogP contribution in [-0.2, 0) is 11.3 Å². The molecule has 2 aromatic carbocycles. The van der Waals surface area contributed by atoms with Gasteiger partial charge in [0.2, 0.25) is 0 Å². The molecule has 3 aromatic rings. The molecule has 0 saturated heterocycles. The predicted molar refractivity (Wildman–Crippen MR) is 108 cm³/mol. The maximum absolute atomic E-state index is 13.2. The van der Waals surface area contributed by atoms with E-state index in [0.29, 0.717) is 12.1 Å². The van der Waals surface area contributed by atoms with E-state index in [0.717, 1.165) is 21.8 Å². The number of benzene rings is 2. The Morgan fingerprint density at radius 1 is 1.08 bits per heavy atom. The largest absolute Gasteiger partial charge is 0.497 e. The molecule has 0 aliphatic rings. The summed E-state index contributed by atoms with van der Waals surface area (Å²) in [6.07, 6.45) is 1.92. The summed E-state index contributed by atoms with van der Waals surface area (Å²) in [5.74, 6) is 0.762. The maximum Gasteiger partial charge on any atom is 0.254 e. The number of carbonyl (C=O) groups excluding carboxylic acids is 1. The third-order valence-electron chi connectivity index (χ3n) is 4.04. The Hall–Kier alpha value is -2.85. The number of carbonyl (C=O) groups is 1. The van der Waals surface area contributed by atoms with E-state index in [1.807, 2.05) is 85.2 Å². The molecule has 1 heterocycles. The number of likely N-dealkylation sites (N-methyl/N-ethyl adjacent to an activating group) is 1. The molecule has 0 aliphatic heterocycles. The molecule has 3 rings (SSSR count). The SMILES string of the molecule is COc1cccc(C=C(C(=O)N(C)Cc2cccs2)c2ccccc2)c1. The lowest BCUT2D eigenvalue weighted by Gasteiger charge is -2.19. The summed E-state index contributed by atoms with van der Waals surface area (Å²) in [5.41, 5.74) is 2.50. The second kappa shape index (κ2) is 8.50. The number of rotatable bonds is 6. The van der Waals surface area contributed by atoms with Gasteiger partial charge in [-0.15, -0.1) is 11.3 Å². The average molecular weight is 363 g/mol. The second-order valence-electron chi connectivity index (χ2n) is 5.94. The lowest BCUT2D eigenvalue weighted by Crippen LogP contribution is -2.26. The number of hydrogen-bond donors (Lipinski definition) is 0. The summed E-state index contributed by atoms with van der Waals surface area (Å²) in [6.45, 7) is 0.596. The third-order valence-corrected chi connectivity index (χ3v) is 4.90. The maximum atomic E-state index is 13.2. The molecule has 0 bridgehead atoms. The lowest BCUT2D eigenvalue weighted by atomic mass is 10.0. The molecule has 0 aliphatic carbocycles. The van der Waals surface area contributed by atoms with E-state index in [-0.39, 0.29) is 5.91 Å². The number of hydrogen-bond acceptors (Lipinski definition) is 3. The van der Waals surface area contributed by atoms with E-state index in [1.54, 1.807) is 23.3 Å². The van der Waals surface area contributed by atoms with Gasteiger partial charge in [-0.1, -0.05) is 48.5 Å². The summed E-state index contributed by atoms with van der Waals surface area (Å²) >= 11 is 1.66. The molecule has 0 N–H and O–H groups in total. The standard InChI is InChI=1S/C22H21NO2S/c1-23(16-20-12-7-13-26-20)22(24)21(18-9-4-3-5-10-18)15-17-8-6-11-19(14-17)25-2/h3-15H,16H2,1-2H3. The van der Waals surface area contributed by atoms with Gasteiger partial charge in [0.05, 0.1) is 13.7 Å². The predicted octanol–water partition coefficient (Wildman–Crippen LogP) is 4.96. The van der Waals surface area contributed by atoms with Gasteiger partial charge in [-0.05, 0) is 40.8 Å². The first-order valence-corrected chi connectivity index (χ1v) is 9.24. The van der Waals surface area contributed by atoms with Crippen molar-refractivity contribution in [1.29, 1.82) is 0 Å². The number of methoxy groups -OCH3 is 1. The van der Waals surface area contributed by atoms with Crippen molar-refractivity contribution in [3.63, 3.8) is 0 Å². The van der Waals surface area contributed by atoms with E-state index in [1.165, 1.54) is 0 Å². The van der Waals surface area contributed by atoms with Gasteiger partial charge in [0, 0.05) is 17.5 Å². The van der Waals surface area contributed by atoms with E-state index in [4.69, 9.17) is 4.74 Å². The van der Waals surface area contributed by atoms with E-state index < -0.39 is 0 Å². The molecular formula is C22H21NO2S. The summed E-state index contributed by atoms with van der Waals surface area (Å²) in [5, 5.41) is 2.03. The van der Waals surface area contributed by atoms with Crippen molar-refractivity contribution < 1.29 is 9.53 Å². The van der Waals surface area contributed by atoms with E-state index in [9.17, 15) is 4.79 Å². The van der Waals surface area contributed by atoms with Crippen molar-refractivity contribution in [2.24, 2.45) is 0 Å². The van der Waals surface area contributed by atoms with Gasteiger partial charge < -0.3 is 9.64 Å². The Morgan fingerprint density at radius 2 is 1.88 bits per heavy atom. The lowest BCUT2D eigenvalue weighted by molar-refractivity contribution is -0.124. The van der Waals surface area contributed by atoms with Crippen LogP contribution in [0.3, 0.4) is 0 Å². The Bertz CT molecular complexity index is 886. The summed E-state index contributed by atoms with van der Waals surface area (Å²) in [6, 6.07) is 21.5. The summed E-state index contributed by atoms with van der Waals surface area (Å²) in [7, 11) is 3.48. The highest BCUT2D eigenvalue weighted by atomic mass is 32.1. The fourth-order valence-electron chi connectivity index (χ4n) is 2.70. The molecule has 1 amide bonds. The van der Waals surface area contributed by atoms with Gasteiger partial charge in [-0.2, -0.15) is 0 Å². The number of thiophene rings is 1. The topological polar surface area (TPSA) is 29.5 Å². The Labute approximate surface area is 158 Å². The van der Waals surface area contributed by atoms with Crippen LogP contribution in [0.4, 0.5) is 0 Å². The minimum atomic E-state index is -0.00702. The zero-order valence-electron chi connectivity index (χ0n) is 14.9. The van der Waals surface area contributed by atoms with Crippen LogP contribution in [0.25, 0.3) is 11.6 Å². The molecule has 0 atom stereocenters. The first-order chi connectivity index (χ1) is 12.7. The van der Waals surface area contributed by atoms with Crippen LogP contribution >= 0.6 is 11.3 Å². The monoisotopic (exact) mass is 363 g/mol. The molecule has 0 unspecified atom stereocenters. The molecule has 1 aromatic heterocycles. The first kappa shape index (κ1) is 18.0. The highest BCUT2D eigenvalue weighted by Gasteiger charge is 2.17. The van der Waals surface area contributed by atoms with Gasteiger partial charge in [0.15, 0.2) is 0 Å². The molecule has 4 heteroatoms. The number of nitrogens with zero attached hydrogens (tertiary/aromatic N) is 1. The van der Waals surface area contributed by atoms with Crippen molar-refractivity contribution in [3.05, 3.63) is 88.1 Å². The smallest absolute Gasteiger partial charge is 0.254 e. The van der Waals surface area contributed by atoms with Crippen LogP contribution in [-0.4, -0.2) is 25.0 Å². The normalized spacial score (nSPS) is 11.2. The Kier molecular flexibility index (Phi) is 5.87. The molecular weight excluding hydrogens is 342 g/mol. The molecule has 0 saturated carbocycles. The van der Waals surface area contributed by atoms with Gasteiger partial charge in [0.25, 0.3) is 5.91 Å². The fraction of sp³-hybridized carbons (Fsp3) is 0.136. The van der Waals surface area contributed by atoms with Gasteiger partial charge in [-0.3, -0.25) is 4.79 Å². The van der Waals surface area contributed by atoms with Crippen molar-refractivity contribution in [3.8, 4) is 5.75 Å². The van der Waals surface area contributed by atoms with Gasteiger partial charge in [-0.25, -0.2) is 0 Å². The minimum Gasteiger partial charge on any atom is -0.497 e. The van der Waals surface area contributed by atoms with Crippen molar-refractivity contribution in [1.82, 2.24) is 4.90 Å². The molecule has 0 radical (unpaired) electrons. The highest BCUT2D eigenvalue weighted by molar-refractivity contribution is 7.09. The summed E-state index contributed by atoms with van der Waals surface area (Å²) in [4.78, 5) is 16.1. The molecule has 26 heavy (non-hydrogen) atoms. The van der Waals surface area contributed by atoms with Gasteiger partial charge >= 0.3 is 0 Å². The molecule has 0 spiro atoms. The minimum absolute atomic E-state index is 0.00702. The van der Waals surface area contributed by atoms with Crippen LogP contribution in [0.15, 0.2) is 72.1 Å².